The zero-order chi connectivity index (χ0) is 8.97. The molecule has 0 bridgehead atoms. The average molecular weight is 183 g/mol. The summed E-state index contributed by atoms with van der Waals surface area (Å²) in [6.45, 7) is 0.401. The summed E-state index contributed by atoms with van der Waals surface area (Å²) in [5, 5.41) is 0.426. The van der Waals surface area contributed by atoms with Crippen molar-refractivity contribution in [3.8, 4) is 0 Å². The molecule has 0 aliphatic rings. The first-order valence-electron chi connectivity index (χ1n) is 3.34. The van der Waals surface area contributed by atoms with E-state index in [1.807, 2.05) is 0 Å². The van der Waals surface area contributed by atoms with E-state index in [1.54, 1.807) is 18.2 Å². The van der Waals surface area contributed by atoms with E-state index in [4.69, 9.17) is 17.3 Å². The van der Waals surface area contributed by atoms with Crippen molar-refractivity contribution in [3.63, 3.8) is 0 Å². The minimum atomic E-state index is 0.401. The molecule has 1 aromatic carbocycles. The van der Waals surface area contributed by atoms with E-state index in [1.165, 1.54) is 6.08 Å². The smallest absolute Gasteiger partial charge is 0.240 e. The maximum Gasteiger partial charge on any atom is 0.240 e. The number of carbonyl (C=O) groups excluding carboxylic acids is 1. The molecule has 0 amide bonds. The van der Waals surface area contributed by atoms with Crippen LogP contribution in [-0.4, -0.2) is 6.08 Å². The van der Waals surface area contributed by atoms with Crippen LogP contribution in [0, 0.1) is 0 Å². The summed E-state index contributed by atoms with van der Waals surface area (Å²) < 4.78 is 0. The van der Waals surface area contributed by atoms with E-state index in [9.17, 15) is 4.79 Å². The highest BCUT2D eigenvalue weighted by molar-refractivity contribution is 6.33. The molecule has 0 aliphatic heterocycles. The first-order chi connectivity index (χ1) is 5.77. The maximum atomic E-state index is 9.94. The number of hydrogen-bond acceptors (Lipinski definition) is 3. The van der Waals surface area contributed by atoms with Crippen LogP contribution in [0.15, 0.2) is 23.2 Å². The Bertz CT molecular complexity index is 332. The van der Waals surface area contributed by atoms with Gasteiger partial charge in [0, 0.05) is 6.54 Å². The lowest BCUT2D eigenvalue weighted by atomic mass is 10.2. The van der Waals surface area contributed by atoms with Crippen molar-refractivity contribution >= 4 is 23.4 Å². The fraction of sp³-hybridized carbons (Fsp3) is 0.125. The van der Waals surface area contributed by atoms with Crippen molar-refractivity contribution in [1.82, 2.24) is 0 Å². The Hall–Kier alpha value is -1.15. The molecule has 1 rings (SSSR count). The van der Waals surface area contributed by atoms with Crippen LogP contribution in [0.1, 0.15) is 5.56 Å². The van der Waals surface area contributed by atoms with Crippen LogP contribution in [0.4, 0.5) is 5.69 Å². The Morgan fingerprint density at radius 1 is 1.58 bits per heavy atom. The average Bonchev–Trinajstić information content (AvgIpc) is 2.09. The molecular weight excluding hydrogens is 176 g/mol. The summed E-state index contributed by atoms with van der Waals surface area (Å²) in [6, 6.07) is 5.10. The topological polar surface area (TPSA) is 55.4 Å². The van der Waals surface area contributed by atoms with E-state index >= 15 is 0 Å². The molecule has 3 nitrogen and oxygen atoms in total. The summed E-state index contributed by atoms with van der Waals surface area (Å²) >= 11 is 5.72. The second kappa shape index (κ2) is 4.02. The van der Waals surface area contributed by atoms with Crippen molar-refractivity contribution in [2.24, 2.45) is 10.7 Å². The van der Waals surface area contributed by atoms with Crippen LogP contribution in [0.3, 0.4) is 0 Å². The predicted octanol–water partition coefficient (Wildman–Crippen LogP) is 1.77. The minimum Gasteiger partial charge on any atom is -0.326 e. The summed E-state index contributed by atoms with van der Waals surface area (Å²) in [7, 11) is 0. The van der Waals surface area contributed by atoms with Gasteiger partial charge >= 0.3 is 0 Å². The third-order valence-electron chi connectivity index (χ3n) is 1.41. The molecular formula is C8H7ClN2O. The molecule has 0 fully saturated rings. The minimum absolute atomic E-state index is 0.401. The number of benzene rings is 1. The van der Waals surface area contributed by atoms with Crippen molar-refractivity contribution in [2.45, 2.75) is 6.54 Å². The number of aliphatic imine (C=N–C) groups is 1. The lowest BCUT2D eigenvalue weighted by Gasteiger charge is -1.98. The molecule has 2 N–H and O–H groups in total. The van der Waals surface area contributed by atoms with Gasteiger partial charge in [-0.05, 0) is 17.7 Å². The monoisotopic (exact) mass is 182 g/mol. The first kappa shape index (κ1) is 8.94. The Balaban J connectivity index is 3.16. The Labute approximate surface area is 74.9 Å². The van der Waals surface area contributed by atoms with Crippen molar-refractivity contribution in [1.29, 1.82) is 0 Å². The molecule has 62 valence electrons. The molecule has 0 saturated carbocycles. The van der Waals surface area contributed by atoms with Gasteiger partial charge in [-0.3, -0.25) is 0 Å². The van der Waals surface area contributed by atoms with E-state index in [2.05, 4.69) is 4.99 Å². The van der Waals surface area contributed by atoms with Gasteiger partial charge in [-0.1, -0.05) is 17.7 Å². The maximum absolute atomic E-state index is 9.94. The molecule has 0 saturated heterocycles. The number of halogens is 1. The molecule has 0 aromatic heterocycles. The molecule has 0 heterocycles. The molecule has 1 aromatic rings. The number of rotatable bonds is 2. The van der Waals surface area contributed by atoms with Gasteiger partial charge < -0.3 is 5.73 Å². The number of nitrogens with zero attached hydrogens (tertiary/aromatic N) is 1. The fourth-order valence-corrected chi connectivity index (χ4v) is 0.980. The highest BCUT2D eigenvalue weighted by atomic mass is 35.5. The lowest BCUT2D eigenvalue weighted by Crippen LogP contribution is -1.94. The van der Waals surface area contributed by atoms with Gasteiger partial charge in [0.25, 0.3) is 0 Å². The van der Waals surface area contributed by atoms with Crippen LogP contribution < -0.4 is 5.73 Å². The number of hydrogen-bond donors (Lipinski definition) is 1. The third-order valence-corrected chi connectivity index (χ3v) is 1.73. The van der Waals surface area contributed by atoms with Gasteiger partial charge in [0.1, 0.15) is 0 Å². The van der Waals surface area contributed by atoms with E-state index in [0.29, 0.717) is 17.3 Å². The molecule has 0 spiro atoms. The standard InChI is InChI=1S/C8H7ClN2O/c9-7-2-1-6(4-10)3-8(7)11-5-12/h1-3H,4,10H2. The van der Waals surface area contributed by atoms with Crippen LogP contribution in [0.2, 0.25) is 5.02 Å². The van der Waals surface area contributed by atoms with Crippen LogP contribution in [0.25, 0.3) is 0 Å². The Kier molecular flexibility index (Phi) is 3.00. The van der Waals surface area contributed by atoms with Gasteiger partial charge in [0.2, 0.25) is 6.08 Å². The summed E-state index contributed by atoms with van der Waals surface area (Å²) in [4.78, 5) is 13.4. The first-order valence-corrected chi connectivity index (χ1v) is 3.72. The summed E-state index contributed by atoms with van der Waals surface area (Å²) in [6.07, 6.45) is 1.43. The second-order valence-corrected chi connectivity index (χ2v) is 2.60. The normalized spacial score (nSPS) is 9.17. The van der Waals surface area contributed by atoms with E-state index in [0.717, 1.165) is 5.56 Å². The quantitative estimate of drug-likeness (QED) is 0.560. The fourth-order valence-electron chi connectivity index (χ4n) is 0.820. The van der Waals surface area contributed by atoms with Gasteiger partial charge in [0.15, 0.2) is 0 Å². The van der Waals surface area contributed by atoms with Gasteiger partial charge in [-0.15, -0.1) is 0 Å². The van der Waals surface area contributed by atoms with Gasteiger partial charge in [-0.2, -0.15) is 4.99 Å². The van der Waals surface area contributed by atoms with Crippen molar-refractivity contribution in [2.75, 3.05) is 0 Å². The molecule has 0 atom stereocenters. The van der Waals surface area contributed by atoms with Gasteiger partial charge in [-0.25, -0.2) is 4.79 Å². The molecule has 0 radical (unpaired) electrons. The second-order valence-electron chi connectivity index (χ2n) is 2.19. The summed E-state index contributed by atoms with van der Waals surface area (Å²) in [5.41, 5.74) is 6.68. The number of isocyanates is 1. The van der Waals surface area contributed by atoms with E-state index < -0.39 is 0 Å². The molecule has 12 heavy (non-hydrogen) atoms. The number of nitrogens with two attached hydrogens (primary N) is 1. The Morgan fingerprint density at radius 3 is 2.92 bits per heavy atom. The third kappa shape index (κ3) is 1.92. The highest BCUT2D eigenvalue weighted by Crippen LogP contribution is 2.24. The molecule has 0 unspecified atom stereocenters. The zero-order valence-corrected chi connectivity index (χ0v) is 7.01. The Morgan fingerprint density at radius 2 is 2.33 bits per heavy atom. The largest absolute Gasteiger partial charge is 0.326 e. The van der Waals surface area contributed by atoms with Crippen molar-refractivity contribution in [3.05, 3.63) is 28.8 Å². The molecule has 0 aliphatic carbocycles. The summed E-state index contributed by atoms with van der Waals surface area (Å²) in [5.74, 6) is 0. The van der Waals surface area contributed by atoms with Crippen molar-refractivity contribution < 1.29 is 4.79 Å². The zero-order valence-electron chi connectivity index (χ0n) is 6.25. The highest BCUT2D eigenvalue weighted by Gasteiger charge is 1.98. The SMILES string of the molecule is NCc1ccc(Cl)c(N=C=O)c1. The van der Waals surface area contributed by atoms with Gasteiger partial charge in [0.05, 0.1) is 10.7 Å². The van der Waals surface area contributed by atoms with Crippen LogP contribution in [0.5, 0.6) is 0 Å². The van der Waals surface area contributed by atoms with E-state index in [-0.39, 0.29) is 0 Å². The predicted molar refractivity (Wildman–Crippen MR) is 47.1 cm³/mol. The molecule has 4 heteroatoms. The van der Waals surface area contributed by atoms with Crippen LogP contribution in [-0.2, 0) is 11.3 Å². The lowest BCUT2D eigenvalue weighted by molar-refractivity contribution is 0.565. The van der Waals surface area contributed by atoms with Crippen LogP contribution >= 0.6 is 11.6 Å².